The van der Waals surface area contributed by atoms with Crippen molar-refractivity contribution in [2.45, 2.75) is 19.6 Å². The number of carbonyl (C=O) groups is 3. The molecule has 0 radical (unpaired) electrons. The SMILES string of the molecule is COC(=O)c1ccc2c(=O)[nH]c(COC(=O)[C@H](C)NC(=O)c3ccccc3)nc2c1. The number of rotatable bonds is 6. The lowest BCUT2D eigenvalue weighted by Gasteiger charge is -2.13. The minimum absolute atomic E-state index is 0.101. The summed E-state index contributed by atoms with van der Waals surface area (Å²) in [7, 11) is 1.25. The van der Waals surface area contributed by atoms with Gasteiger partial charge < -0.3 is 19.8 Å². The topological polar surface area (TPSA) is 127 Å². The van der Waals surface area contributed by atoms with E-state index in [1.807, 2.05) is 0 Å². The van der Waals surface area contributed by atoms with E-state index in [2.05, 4.69) is 20.0 Å². The van der Waals surface area contributed by atoms with Crippen LogP contribution < -0.4 is 10.9 Å². The molecule has 3 aromatic rings. The number of benzene rings is 2. The zero-order valence-corrected chi connectivity index (χ0v) is 16.3. The first-order valence-electron chi connectivity index (χ1n) is 9.03. The van der Waals surface area contributed by atoms with Crippen molar-refractivity contribution in [3.8, 4) is 0 Å². The molecule has 1 aromatic heterocycles. The zero-order valence-electron chi connectivity index (χ0n) is 16.3. The van der Waals surface area contributed by atoms with E-state index < -0.39 is 29.4 Å². The Labute approximate surface area is 171 Å². The number of amides is 1. The fourth-order valence-electron chi connectivity index (χ4n) is 2.69. The van der Waals surface area contributed by atoms with E-state index >= 15 is 0 Å². The second kappa shape index (κ2) is 8.99. The van der Waals surface area contributed by atoms with E-state index in [1.165, 1.54) is 32.2 Å². The molecule has 0 spiro atoms. The van der Waals surface area contributed by atoms with Crippen molar-refractivity contribution in [2.75, 3.05) is 7.11 Å². The molecule has 1 amide bonds. The third-order valence-electron chi connectivity index (χ3n) is 4.26. The van der Waals surface area contributed by atoms with Crippen LogP contribution in [0.25, 0.3) is 10.9 Å². The molecule has 30 heavy (non-hydrogen) atoms. The van der Waals surface area contributed by atoms with Crippen LogP contribution in [0.1, 0.15) is 33.5 Å². The number of esters is 2. The van der Waals surface area contributed by atoms with Crippen LogP contribution in [-0.4, -0.2) is 41.0 Å². The Balaban J connectivity index is 1.68. The normalized spacial score (nSPS) is 11.5. The van der Waals surface area contributed by atoms with E-state index in [1.54, 1.807) is 30.3 Å². The first-order chi connectivity index (χ1) is 14.4. The molecule has 0 aliphatic rings. The van der Waals surface area contributed by atoms with Crippen molar-refractivity contribution in [3.05, 3.63) is 75.8 Å². The average Bonchev–Trinajstić information content (AvgIpc) is 2.76. The first kappa shape index (κ1) is 20.7. The molecular weight excluding hydrogens is 390 g/mol. The number of nitrogens with zero attached hydrogens (tertiary/aromatic N) is 1. The van der Waals surface area contributed by atoms with Crippen LogP contribution in [0.4, 0.5) is 0 Å². The van der Waals surface area contributed by atoms with Gasteiger partial charge in [0.15, 0.2) is 0 Å². The van der Waals surface area contributed by atoms with Gasteiger partial charge in [0.2, 0.25) is 0 Å². The van der Waals surface area contributed by atoms with Crippen LogP contribution in [0.15, 0.2) is 53.3 Å². The average molecular weight is 409 g/mol. The van der Waals surface area contributed by atoms with Crippen molar-refractivity contribution < 1.29 is 23.9 Å². The number of nitrogens with one attached hydrogen (secondary N) is 2. The van der Waals surface area contributed by atoms with Crippen LogP contribution >= 0.6 is 0 Å². The maximum Gasteiger partial charge on any atom is 0.337 e. The van der Waals surface area contributed by atoms with Gasteiger partial charge in [0.05, 0.1) is 23.6 Å². The number of aromatic nitrogens is 2. The molecule has 0 fully saturated rings. The molecular formula is C21H19N3O6. The predicted molar refractivity (Wildman–Crippen MR) is 107 cm³/mol. The third-order valence-corrected chi connectivity index (χ3v) is 4.26. The number of hydrogen-bond acceptors (Lipinski definition) is 7. The quantitative estimate of drug-likeness (QED) is 0.592. The van der Waals surface area contributed by atoms with Gasteiger partial charge in [0, 0.05) is 5.56 Å². The highest BCUT2D eigenvalue weighted by molar-refractivity contribution is 5.96. The Morgan fingerprint density at radius 2 is 1.83 bits per heavy atom. The Morgan fingerprint density at radius 3 is 2.53 bits per heavy atom. The Kier molecular flexibility index (Phi) is 6.21. The van der Waals surface area contributed by atoms with Crippen molar-refractivity contribution >= 4 is 28.7 Å². The smallest absolute Gasteiger partial charge is 0.337 e. The molecule has 9 heteroatoms. The highest BCUT2D eigenvalue weighted by atomic mass is 16.5. The highest BCUT2D eigenvalue weighted by Gasteiger charge is 2.18. The van der Waals surface area contributed by atoms with Crippen LogP contribution in [0.5, 0.6) is 0 Å². The Hall–Kier alpha value is -4.01. The molecule has 2 N–H and O–H groups in total. The molecule has 0 saturated heterocycles. The maximum absolute atomic E-state index is 12.2. The number of hydrogen-bond donors (Lipinski definition) is 2. The van der Waals surface area contributed by atoms with Gasteiger partial charge in [-0.05, 0) is 37.3 Å². The number of ether oxygens (including phenoxy) is 2. The van der Waals surface area contributed by atoms with Crippen molar-refractivity contribution in [3.63, 3.8) is 0 Å². The summed E-state index contributed by atoms with van der Waals surface area (Å²) in [5.74, 6) is -1.56. The molecule has 1 atom stereocenters. The minimum Gasteiger partial charge on any atom is -0.465 e. The minimum atomic E-state index is -0.907. The molecule has 0 aliphatic carbocycles. The van der Waals surface area contributed by atoms with Gasteiger partial charge in [-0.25, -0.2) is 14.6 Å². The van der Waals surface area contributed by atoms with E-state index in [0.717, 1.165) is 0 Å². The van der Waals surface area contributed by atoms with Crippen molar-refractivity contribution in [2.24, 2.45) is 0 Å². The summed E-state index contributed by atoms with van der Waals surface area (Å²) in [6.07, 6.45) is 0. The lowest BCUT2D eigenvalue weighted by Crippen LogP contribution is -2.39. The number of methoxy groups -OCH3 is 1. The number of fused-ring (bicyclic) bond motifs is 1. The van der Waals surface area contributed by atoms with Gasteiger partial charge >= 0.3 is 11.9 Å². The van der Waals surface area contributed by atoms with Crippen LogP contribution in [-0.2, 0) is 20.9 Å². The van der Waals surface area contributed by atoms with Gasteiger partial charge in [0.25, 0.3) is 11.5 Å². The fraction of sp³-hybridized carbons (Fsp3) is 0.190. The van der Waals surface area contributed by atoms with E-state index in [4.69, 9.17) is 4.74 Å². The standard InChI is InChI=1S/C21H19N3O6/c1-12(22-18(25)13-6-4-3-5-7-13)20(27)30-11-17-23-16-10-14(21(28)29-2)8-9-15(16)19(26)24-17/h3-10,12H,11H2,1-2H3,(H,22,25)(H,23,24,26)/t12-/m0/s1. The molecule has 0 bridgehead atoms. The van der Waals surface area contributed by atoms with Gasteiger partial charge in [-0.3, -0.25) is 9.59 Å². The zero-order chi connectivity index (χ0) is 21.7. The maximum atomic E-state index is 12.2. The molecule has 0 aliphatic heterocycles. The highest BCUT2D eigenvalue weighted by Crippen LogP contribution is 2.12. The monoisotopic (exact) mass is 409 g/mol. The van der Waals surface area contributed by atoms with Crippen LogP contribution in [0.2, 0.25) is 0 Å². The summed E-state index contributed by atoms with van der Waals surface area (Å²) in [4.78, 5) is 55.0. The Bertz CT molecular complexity index is 1160. The molecule has 2 aromatic carbocycles. The van der Waals surface area contributed by atoms with Crippen LogP contribution in [0, 0.1) is 0 Å². The summed E-state index contributed by atoms with van der Waals surface area (Å²) in [5, 5.41) is 2.82. The lowest BCUT2D eigenvalue weighted by molar-refractivity contribution is -0.147. The van der Waals surface area contributed by atoms with Crippen molar-refractivity contribution in [1.29, 1.82) is 0 Å². The molecule has 0 unspecified atom stereocenters. The van der Waals surface area contributed by atoms with Gasteiger partial charge in [-0.2, -0.15) is 0 Å². The van der Waals surface area contributed by atoms with E-state index in [-0.39, 0.29) is 28.9 Å². The third kappa shape index (κ3) is 4.69. The first-order valence-corrected chi connectivity index (χ1v) is 9.03. The summed E-state index contributed by atoms with van der Waals surface area (Å²) in [5.41, 5.74) is 0.480. The molecule has 3 rings (SSSR count). The summed E-state index contributed by atoms with van der Waals surface area (Å²) in [6.45, 7) is 1.18. The van der Waals surface area contributed by atoms with Crippen molar-refractivity contribution in [1.82, 2.24) is 15.3 Å². The van der Waals surface area contributed by atoms with E-state index in [0.29, 0.717) is 5.56 Å². The van der Waals surface area contributed by atoms with Crippen LogP contribution in [0.3, 0.4) is 0 Å². The number of carbonyl (C=O) groups excluding carboxylic acids is 3. The number of aromatic amines is 1. The predicted octanol–water partition coefficient (Wildman–Crippen LogP) is 1.57. The van der Waals surface area contributed by atoms with Gasteiger partial charge in [-0.15, -0.1) is 0 Å². The summed E-state index contributed by atoms with van der Waals surface area (Å²) >= 11 is 0. The summed E-state index contributed by atoms with van der Waals surface area (Å²) < 4.78 is 9.81. The van der Waals surface area contributed by atoms with Gasteiger partial charge in [-0.1, -0.05) is 18.2 Å². The molecule has 154 valence electrons. The second-order valence-electron chi connectivity index (χ2n) is 6.41. The van der Waals surface area contributed by atoms with E-state index in [9.17, 15) is 19.2 Å². The molecule has 1 heterocycles. The fourth-order valence-corrected chi connectivity index (χ4v) is 2.69. The molecule has 9 nitrogen and oxygen atoms in total. The second-order valence-corrected chi connectivity index (χ2v) is 6.41. The lowest BCUT2D eigenvalue weighted by atomic mass is 10.1. The Morgan fingerprint density at radius 1 is 1.10 bits per heavy atom. The summed E-state index contributed by atoms with van der Waals surface area (Å²) in [6, 6.07) is 11.9. The van der Waals surface area contributed by atoms with Gasteiger partial charge in [0.1, 0.15) is 18.5 Å². The number of H-pyrrole nitrogens is 1. The largest absolute Gasteiger partial charge is 0.465 e. The molecule has 0 saturated carbocycles.